The molecule has 0 radical (unpaired) electrons. The fourth-order valence-corrected chi connectivity index (χ4v) is 3.97. The summed E-state index contributed by atoms with van der Waals surface area (Å²) in [6, 6.07) is 4.73. The van der Waals surface area contributed by atoms with Crippen LogP contribution in [0.1, 0.15) is 19.8 Å². The fraction of sp³-hybridized carbons (Fsp3) is 0.600. The van der Waals surface area contributed by atoms with Gasteiger partial charge >= 0.3 is 0 Å². The highest BCUT2D eigenvalue weighted by molar-refractivity contribution is 7.89. The van der Waals surface area contributed by atoms with Gasteiger partial charge in [0.2, 0.25) is 10.0 Å². The van der Waals surface area contributed by atoms with Crippen molar-refractivity contribution < 1.29 is 17.9 Å². The van der Waals surface area contributed by atoms with Crippen LogP contribution in [-0.4, -0.2) is 41.3 Å². The lowest BCUT2D eigenvalue weighted by Gasteiger charge is -2.34. The maximum Gasteiger partial charge on any atom is 0.240 e. The van der Waals surface area contributed by atoms with Crippen LogP contribution in [0.15, 0.2) is 23.1 Å². The molecule has 1 saturated heterocycles. The van der Waals surface area contributed by atoms with E-state index in [-0.39, 0.29) is 22.7 Å². The Morgan fingerprint density at radius 1 is 1.17 bits per heavy atom. The maximum atomic E-state index is 12.5. The van der Waals surface area contributed by atoms with E-state index in [1.807, 2.05) is 0 Å². The molecule has 0 atom stereocenters. The van der Waals surface area contributed by atoms with Gasteiger partial charge in [0.05, 0.1) is 4.90 Å². The molecule has 1 aromatic carbocycles. The summed E-state index contributed by atoms with van der Waals surface area (Å²) >= 11 is 0. The van der Waals surface area contributed by atoms with Crippen molar-refractivity contribution in [1.29, 1.82) is 0 Å². The SMILES string of the molecule is CC1(CNS(=O)(=O)c2ccc3c(c2)OCCO3)CCNCC1.Cl. The molecule has 2 N–H and O–H groups in total. The Bertz CT molecular complexity index is 645. The number of halogens is 1. The van der Waals surface area contributed by atoms with E-state index in [2.05, 4.69) is 17.0 Å². The van der Waals surface area contributed by atoms with Crippen molar-refractivity contribution in [3.8, 4) is 11.5 Å². The van der Waals surface area contributed by atoms with Crippen LogP contribution in [0.2, 0.25) is 0 Å². The summed E-state index contributed by atoms with van der Waals surface area (Å²) in [4.78, 5) is 0.217. The highest BCUT2D eigenvalue weighted by Crippen LogP contribution is 2.32. The number of hydrogen-bond acceptors (Lipinski definition) is 5. The van der Waals surface area contributed by atoms with Gasteiger partial charge in [-0.1, -0.05) is 6.92 Å². The quantitative estimate of drug-likeness (QED) is 0.849. The van der Waals surface area contributed by atoms with E-state index in [1.54, 1.807) is 12.1 Å². The Kier molecular flexibility index (Phi) is 5.78. The van der Waals surface area contributed by atoms with Crippen LogP contribution in [-0.2, 0) is 10.0 Å². The van der Waals surface area contributed by atoms with E-state index in [1.165, 1.54) is 6.07 Å². The minimum absolute atomic E-state index is 0. The van der Waals surface area contributed by atoms with Crippen molar-refractivity contribution in [2.24, 2.45) is 5.41 Å². The lowest BCUT2D eigenvalue weighted by molar-refractivity contribution is 0.171. The van der Waals surface area contributed by atoms with Crippen molar-refractivity contribution in [1.82, 2.24) is 10.0 Å². The predicted octanol–water partition coefficient (Wildman–Crippen LogP) is 1.55. The molecule has 0 spiro atoms. The minimum Gasteiger partial charge on any atom is -0.486 e. The normalized spacial score (nSPS) is 19.7. The summed E-state index contributed by atoms with van der Waals surface area (Å²) in [5.41, 5.74) is 0.00609. The molecule has 130 valence electrons. The molecule has 6 nitrogen and oxygen atoms in total. The average Bonchev–Trinajstić information content (AvgIpc) is 2.53. The Balaban J connectivity index is 0.00000192. The molecule has 3 rings (SSSR count). The first-order valence-corrected chi connectivity index (χ1v) is 9.07. The second kappa shape index (κ2) is 7.25. The lowest BCUT2D eigenvalue weighted by atomic mass is 9.81. The highest BCUT2D eigenvalue weighted by Gasteiger charge is 2.29. The van der Waals surface area contributed by atoms with E-state index in [0.29, 0.717) is 31.3 Å². The van der Waals surface area contributed by atoms with E-state index < -0.39 is 10.0 Å². The molecule has 0 unspecified atom stereocenters. The molecule has 0 aromatic heterocycles. The molecule has 0 amide bonds. The van der Waals surface area contributed by atoms with Gasteiger partial charge in [0.1, 0.15) is 13.2 Å². The number of piperidine rings is 1. The first-order chi connectivity index (χ1) is 10.5. The first kappa shape index (κ1) is 18.3. The number of rotatable bonds is 4. The Hall–Kier alpha value is -1.02. The van der Waals surface area contributed by atoms with Gasteiger partial charge in [0, 0.05) is 12.6 Å². The first-order valence-electron chi connectivity index (χ1n) is 7.59. The summed E-state index contributed by atoms with van der Waals surface area (Å²) in [6.45, 7) is 5.37. The van der Waals surface area contributed by atoms with Gasteiger partial charge in [-0.15, -0.1) is 12.4 Å². The number of nitrogens with one attached hydrogen (secondary N) is 2. The molecule has 1 fully saturated rings. The third kappa shape index (κ3) is 4.29. The molecular weight excluding hydrogens is 340 g/mol. The molecule has 0 saturated carbocycles. The number of hydrogen-bond donors (Lipinski definition) is 2. The Morgan fingerprint density at radius 3 is 2.52 bits per heavy atom. The summed E-state index contributed by atoms with van der Waals surface area (Å²) in [5.74, 6) is 1.08. The van der Waals surface area contributed by atoms with Gasteiger partial charge in [0.15, 0.2) is 11.5 Å². The van der Waals surface area contributed by atoms with Crippen molar-refractivity contribution in [3.63, 3.8) is 0 Å². The molecular formula is C15H23ClN2O4S. The topological polar surface area (TPSA) is 76.7 Å². The second-order valence-electron chi connectivity index (χ2n) is 6.19. The molecule has 2 aliphatic heterocycles. The van der Waals surface area contributed by atoms with Crippen molar-refractivity contribution in [3.05, 3.63) is 18.2 Å². The average molecular weight is 363 g/mol. The predicted molar refractivity (Wildman–Crippen MR) is 90.1 cm³/mol. The van der Waals surface area contributed by atoms with E-state index in [4.69, 9.17) is 9.47 Å². The van der Waals surface area contributed by atoms with E-state index in [9.17, 15) is 8.42 Å². The molecule has 23 heavy (non-hydrogen) atoms. The van der Waals surface area contributed by atoms with Gasteiger partial charge in [-0.3, -0.25) is 0 Å². The molecule has 0 aliphatic carbocycles. The van der Waals surface area contributed by atoms with Crippen LogP contribution in [0.25, 0.3) is 0 Å². The van der Waals surface area contributed by atoms with Crippen LogP contribution in [0.4, 0.5) is 0 Å². The smallest absolute Gasteiger partial charge is 0.240 e. The minimum atomic E-state index is -3.54. The fourth-order valence-electron chi connectivity index (χ4n) is 2.75. The summed E-state index contributed by atoms with van der Waals surface area (Å²) < 4.78 is 38.6. The van der Waals surface area contributed by atoms with E-state index in [0.717, 1.165) is 25.9 Å². The van der Waals surface area contributed by atoms with Crippen LogP contribution in [0, 0.1) is 5.41 Å². The van der Waals surface area contributed by atoms with Crippen molar-refractivity contribution >= 4 is 22.4 Å². The third-order valence-electron chi connectivity index (χ3n) is 4.32. The maximum absolute atomic E-state index is 12.5. The summed E-state index contributed by atoms with van der Waals surface area (Å²) in [5, 5.41) is 3.30. The monoisotopic (exact) mass is 362 g/mol. The zero-order chi connectivity index (χ0) is 15.6. The van der Waals surface area contributed by atoms with Crippen molar-refractivity contribution in [2.45, 2.75) is 24.7 Å². The van der Waals surface area contributed by atoms with Gasteiger partial charge in [-0.2, -0.15) is 0 Å². The lowest BCUT2D eigenvalue weighted by Crippen LogP contribution is -2.42. The standard InChI is InChI=1S/C15H22N2O4S.ClH/c1-15(4-6-16-7-5-15)11-17-22(18,19)12-2-3-13-14(10-12)21-9-8-20-13;/h2-3,10,16-17H,4-9,11H2,1H3;1H. The highest BCUT2D eigenvalue weighted by atomic mass is 35.5. The third-order valence-corrected chi connectivity index (χ3v) is 5.72. The van der Waals surface area contributed by atoms with Crippen LogP contribution in [0.3, 0.4) is 0 Å². The van der Waals surface area contributed by atoms with Crippen molar-refractivity contribution in [2.75, 3.05) is 32.8 Å². The number of fused-ring (bicyclic) bond motifs is 1. The molecule has 1 aromatic rings. The Morgan fingerprint density at radius 2 is 1.83 bits per heavy atom. The number of ether oxygens (including phenoxy) is 2. The number of benzene rings is 1. The zero-order valence-corrected chi connectivity index (χ0v) is 14.8. The summed E-state index contributed by atoms with van der Waals surface area (Å²) in [7, 11) is -3.54. The van der Waals surface area contributed by atoms with Gasteiger partial charge in [0.25, 0.3) is 0 Å². The number of sulfonamides is 1. The van der Waals surface area contributed by atoms with Crippen LogP contribution in [0.5, 0.6) is 11.5 Å². The summed E-state index contributed by atoms with van der Waals surface area (Å²) in [6.07, 6.45) is 1.94. The van der Waals surface area contributed by atoms with E-state index >= 15 is 0 Å². The Labute approximate surface area is 143 Å². The van der Waals surface area contributed by atoms with Gasteiger partial charge in [-0.25, -0.2) is 13.1 Å². The molecule has 0 bridgehead atoms. The molecule has 2 heterocycles. The van der Waals surface area contributed by atoms with Crippen LogP contribution < -0.4 is 19.5 Å². The molecule has 8 heteroatoms. The van der Waals surface area contributed by atoms with Gasteiger partial charge < -0.3 is 14.8 Å². The second-order valence-corrected chi connectivity index (χ2v) is 7.96. The van der Waals surface area contributed by atoms with Crippen LogP contribution >= 0.6 is 12.4 Å². The zero-order valence-electron chi connectivity index (χ0n) is 13.1. The van der Waals surface area contributed by atoms with Gasteiger partial charge in [-0.05, 0) is 43.5 Å². The largest absolute Gasteiger partial charge is 0.486 e. The molecule has 2 aliphatic rings.